The number of ether oxygens (including phenoxy) is 2. The standard InChI is InChI=1S/C24H35BrN2O5/c1-15-6-7-17(12-19(15)25)13-20(22(29)31-5)27-21(28)18-10-8-16(9-11-18)14-26-23(30)32-24(2,3)4/h6-7,12,16,18,20H,8-11,13-14H2,1-5H3,(H,26,30)(H,27,28)/t16?,18?,20-/m0/s1. The van der Waals surface area contributed by atoms with Crippen LogP contribution in [0, 0.1) is 18.8 Å². The van der Waals surface area contributed by atoms with Gasteiger partial charge in [0.1, 0.15) is 11.6 Å². The molecule has 0 aliphatic heterocycles. The number of carbonyl (C=O) groups is 3. The minimum atomic E-state index is -0.728. The third kappa shape index (κ3) is 8.45. The van der Waals surface area contributed by atoms with E-state index in [0.717, 1.165) is 41.3 Å². The first-order valence-corrected chi connectivity index (χ1v) is 11.9. The molecule has 2 rings (SSSR count). The number of alkyl carbamates (subject to hydrolysis) is 1. The third-order valence-electron chi connectivity index (χ3n) is 5.63. The van der Waals surface area contributed by atoms with Crippen molar-refractivity contribution in [3.05, 3.63) is 33.8 Å². The molecule has 32 heavy (non-hydrogen) atoms. The number of benzene rings is 1. The minimum Gasteiger partial charge on any atom is -0.467 e. The highest BCUT2D eigenvalue weighted by molar-refractivity contribution is 9.10. The van der Waals surface area contributed by atoms with Gasteiger partial charge in [-0.1, -0.05) is 28.1 Å². The fourth-order valence-corrected chi connectivity index (χ4v) is 4.22. The van der Waals surface area contributed by atoms with Gasteiger partial charge in [-0.05, 0) is 76.5 Å². The molecule has 0 heterocycles. The largest absolute Gasteiger partial charge is 0.467 e. The Hall–Kier alpha value is -2.09. The van der Waals surface area contributed by atoms with Gasteiger partial charge in [0, 0.05) is 23.4 Å². The molecule has 0 unspecified atom stereocenters. The first-order valence-electron chi connectivity index (χ1n) is 11.1. The van der Waals surface area contributed by atoms with Crippen LogP contribution in [0.4, 0.5) is 4.79 Å². The van der Waals surface area contributed by atoms with Crippen molar-refractivity contribution in [1.82, 2.24) is 10.6 Å². The van der Waals surface area contributed by atoms with Gasteiger partial charge in [0.05, 0.1) is 7.11 Å². The smallest absolute Gasteiger partial charge is 0.407 e. The van der Waals surface area contributed by atoms with Crippen LogP contribution in [0.3, 0.4) is 0 Å². The van der Waals surface area contributed by atoms with E-state index >= 15 is 0 Å². The Morgan fingerprint density at radius 3 is 2.38 bits per heavy atom. The number of rotatable bonds is 7. The number of methoxy groups -OCH3 is 1. The Morgan fingerprint density at radius 1 is 1.16 bits per heavy atom. The molecule has 178 valence electrons. The maximum atomic E-state index is 12.9. The predicted octanol–water partition coefficient (Wildman–Crippen LogP) is 4.29. The van der Waals surface area contributed by atoms with Gasteiger partial charge in [-0.3, -0.25) is 4.79 Å². The number of aryl methyl sites for hydroxylation is 1. The number of amides is 2. The molecule has 0 saturated heterocycles. The van der Waals surface area contributed by atoms with Crippen molar-refractivity contribution in [2.24, 2.45) is 11.8 Å². The molecule has 1 aromatic carbocycles. The molecule has 1 fully saturated rings. The van der Waals surface area contributed by atoms with Crippen LogP contribution in [0.15, 0.2) is 22.7 Å². The first-order chi connectivity index (χ1) is 15.0. The molecule has 2 N–H and O–H groups in total. The molecule has 0 radical (unpaired) electrons. The number of esters is 1. The monoisotopic (exact) mass is 510 g/mol. The van der Waals surface area contributed by atoms with Crippen LogP contribution in [0.5, 0.6) is 0 Å². The van der Waals surface area contributed by atoms with E-state index in [4.69, 9.17) is 9.47 Å². The van der Waals surface area contributed by atoms with E-state index in [1.165, 1.54) is 7.11 Å². The molecule has 2 amide bonds. The lowest BCUT2D eigenvalue weighted by Gasteiger charge is -2.29. The maximum absolute atomic E-state index is 12.9. The molecule has 1 aliphatic carbocycles. The second kappa shape index (κ2) is 11.7. The summed E-state index contributed by atoms with van der Waals surface area (Å²) in [5.74, 6) is -0.409. The molecule has 0 aromatic heterocycles. The molecule has 7 nitrogen and oxygen atoms in total. The quantitative estimate of drug-likeness (QED) is 0.533. The molecular weight excluding hydrogens is 476 g/mol. The molecule has 8 heteroatoms. The van der Waals surface area contributed by atoms with Crippen molar-refractivity contribution in [2.75, 3.05) is 13.7 Å². The summed E-state index contributed by atoms with van der Waals surface area (Å²) < 4.78 is 11.1. The Balaban J connectivity index is 1.85. The lowest BCUT2D eigenvalue weighted by Crippen LogP contribution is -2.46. The summed E-state index contributed by atoms with van der Waals surface area (Å²) in [5.41, 5.74) is 1.52. The van der Waals surface area contributed by atoms with Crippen molar-refractivity contribution in [3.8, 4) is 0 Å². The zero-order valence-electron chi connectivity index (χ0n) is 19.6. The van der Waals surface area contributed by atoms with Crippen LogP contribution in [0.1, 0.15) is 57.6 Å². The molecule has 0 bridgehead atoms. The van der Waals surface area contributed by atoms with Crippen molar-refractivity contribution in [3.63, 3.8) is 0 Å². The normalized spacial score (nSPS) is 19.6. The lowest BCUT2D eigenvalue weighted by atomic mass is 9.81. The topological polar surface area (TPSA) is 93.7 Å². The van der Waals surface area contributed by atoms with Gasteiger partial charge in [-0.2, -0.15) is 0 Å². The highest BCUT2D eigenvalue weighted by Gasteiger charge is 2.30. The number of nitrogens with one attached hydrogen (secondary N) is 2. The zero-order valence-corrected chi connectivity index (χ0v) is 21.2. The second-order valence-corrected chi connectivity index (χ2v) is 10.3. The average molecular weight is 511 g/mol. The van der Waals surface area contributed by atoms with E-state index in [9.17, 15) is 14.4 Å². The minimum absolute atomic E-state index is 0.120. The van der Waals surface area contributed by atoms with Crippen molar-refractivity contribution in [2.45, 2.75) is 71.4 Å². The predicted molar refractivity (Wildman–Crippen MR) is 126 cm³/mol. The molecule has 1 aromatic rings. The lowest BCUT2D eigenvalue weighted by molar-refractivity contribution is -0.145. The van der Waals surface area contributed by atoms with E-state index in [1.54, 1.807) is 0 Å². The first kappa shape index (κ1) is 26.2. The van der Waals surface area contributed by atoms with Gasteiger partial charge in [-0.15, -0.1) is 0 Å². The average Bonchev–Trinajstić information content (AvgIpc) is 2.73. The number of hydrogen-bond donors (Lipinski definition) is 2. The summed E-state index contributed by atoms with van der Waals surface area (Å²) in [6.45, 7) is 8.02. The van der Waals surface area contributed by atoms with Crippen molar-refractivity contribution in [1.29, 1.82) is 0 Å². The second-order valence-electron chi connectivity index (χ2n) is 9.47. The number of hydrogen-bond acceptors (Lipinski definition) is 5. The summed E-state index contributed by atoms with van der Waals surface area (Å²) in [6, 6.07) is 5.15. The summed E-state index contributed by atoms with van der Waals surface area (Å²) >= 11 is 3.51. The Kier molecular flexibility index (Phi) is 9.55. The van der Waals surface area contributed by atoms with Crippen LogP contribution in [0.2, 0.25) is 0 Å². The van der Waals surface area contributed by atoms with Crippen LogP contribution >= 0.6 is 15.9 Å². The fraction of sp³-hybridized carbons (Fsp3) is 0.625. The SMILES string of the molecule is COC(=O)[C@H](Cc1ccc(C)c(Br)c1)NC(=O)C1CCC(CNC(=O)OC(C)(C)C)CC1. The van der Waals surface area contributed by atoms with Gasteiger partial charge in [0.15, 0.2) is 0 Å². The summed E-state index contributed by atoms with van der Waals surface area (Å²) in [5, 5.41) is 5.71. The Labute approximate surface area is 199 Å². The van der Waals surface area contributed by atoms with Crippen LogP contribution in [0.25, 0.3) is 0 Å². The number of halogens is 1. The van der Waals surface area contributed by atoms with Crippen LogP contribution in [-0.2, 0) is 25.5 Å². The van der Waals surface area contributed by atoms with E-state index in [-0.39, 0.29) is 11.8 Å². The summed E-state index contributed by atoms with van der Waals surface area (Å²) in [4.78, 5) is 37.0. The molecule has 0 spiro atoms. The van der Waals surface area contributed by atoms with E-state index < -0.39 is 23.7 Å². The molecule has 1 saturated carbocycles. The van der Waals surface area contributed by atoms with Crippen LogP contribution < -0.4 is 10.6 Å². The van der Waals surface area contributed by atoms with Gasteiger partial charge in [0.25, 0.3) is 0 Å². The van der Waals surface area contributed by atoms with E-state index in [0.29, 0.717) is 18.9 Å². The van der Waals surface area contributed by atoms with Gasteiger partial charge in [0.2, 0.25) is 5.91 Å². The van der Waals surface area contributed by atoms with Crippen molar-refractivity contribution < 1.29 is 23.9 Å². The molecule has 1 atom stereocenters. The van der Waals surface area contributed by atoms with E-state index in [1.807, 2.05) is 45.9 Å². The highest BCUT2D eigenvalue weighted by Crippen LogP contribution is 2.29. The summed E-state index contributed by atoms with van der Waals surface area (Å²) in [7, 11) is 1.33. The Bertz CT molecular complexity index is 813. The zero-order chi connectivity index (χ0) is 23.9. The number of carbonyl (C=O) groups excluding carboxylic acids is 3. The van der Waals surface area contributed by atoms with Gasteiger partial charge in [-0.25, -0.2) is 9.59 Å². The highest BCUT2D eigenvalue weighted by atomic mass is 79.9. The Morgan fingerprint density at radius 2 is 1.81 bits per heavy atom. The van der Waals surface area contributed by atoms with E-state index in [2.05, 4.69) is 26.6 Å². The van der Waals surface area contributed by atoms with Gasteiger partial charge < -0.3 is 20.1 Å². The summed E-state index contributed by atoms with van der Waals surface area (Å²) in [6.07, 6.45) is 3.06. The maximum Gasteiger partial charge on any atom is 0.407 e. The van der Waals surface area contributed by atoms with Crippen LogP contribution in [-0.4, -0.2) is 43.3 Å². The van der Waals surface area contributed by atoms with Crippen molar-refractivity contribution >= 4 is 33.9 Å². The van der Waals surface area contributed by atoms with Gasteiger partial charge >= 0.3 is 12.1 Å². The third-order valence-corrected chi connectivity index (χ3v) is 6.48. The fourth-order valence-electron chi connectivity index (χ4n) is 3.79. The molecule has 1 aliphatic rings. The molecular formula is C24H35BrN2O5.